The lowest BCUT2D eigenvalue weighted by atomic mass is 10.0. The highest BCUT2D eigenvalue weighted by atomic mass is 16.5. The predicted octanol–water partition coefficient (Wildman–Crippen LogP) is 2.45. The molecule has 1 aliphatic heterocycles. The fourth-order valence-electron chi connectivity index (χ4n) is 2.53. The van der Waals surface area contributed by atoms with E-state index in [1.165, 1.54) is 18.4 Å². The van der Waals surface area contributed by atoms with Crippen LogP contribution >= 0.6 is 0 Å². The van der Waals surface area contributed by atoms with Gasteiger partial charge in [-0.15, -0.1) is 0 Å². The third-order valence-corrected chi connectivity index (χ3v) is 3.68. The van der Waals surface area contributed by atoms with Crippen molar-refractivity contribution in [3.63, 3.8) is 0 Å². The summed E-state index contributed by atoms with van der Waals surface area (Å²) in [6.45, 7) is 8.39. The number of morpholine rings is 1. The first-order chi connectivity index (χ1) is 9.40. The molecule has 1 fully saturated rings. The molecular formula is C16H26N2O. The van der Waals surface area contributed by atoms with E-state index in [-0.39, 0.29) is 0 Å². The second-order valence-electron chi connectivity index (χ2n) is 5.16. The third-order valence-electron chi connectivity index (χ3n) is 3.68. The SMILES string of the molecule is CCCNC(CCN1CCOCC1)c1ccccc1. The summed E-state index contributed by atoms with van der Waals surface area (Å²) in [4.78, 5) is 2.51. The first-order valence-electron chi connectivity index (χ1n) is 7.48. The summed E-state index contributed by atoms with van der Waals surface area (Å²) in [5.74, 6) is 0. The van der Waals surface area contributed by atoms with Gasteiger partial charge in [-0.2, -0.15) is 0 Å². The summed E-state index contributed by atoms with van der Waals surface area (Å²) >= 11 is 0. The van der Waals surface area contributed by atoms with Gasteiger partial charge in [0.15, 0.2) is 0 Å². The molecule has 1 N–H and O–H groups in total. The Hall–Kier alpha value is -0.900. The van der Waals surface area contributed by atoms with Crippen molar-refractivity contribution in [2.75, 3.05) is 39.4 Å². The molecule has 1 aliphatic rings. The maximum atomic E-state index is 5.40. The molecule has 0 amide bonds. The second kappa shape index (κ2) is 8.31. The van der Waals surface area contributed by atoms with Crippen LogP contribution in [0.15, 0.2) is 30.3 Å². The Morgan fingerprint density at radius 3 is 2.63 bits per heavy atom. The number of ether oxygens (including phenoxy) is 1. The average molecular weight is 262 g/mol. The van der Waals surface area contributed by atoms with Crippen molar-refractivity contribution in [1.29, 1.82) is 0 Å². The zero-order valence-corrected chi connectivity index (χ0v) is 12.0. The monoisotopic (exact) mass is 262 g/mol. The van der Waals surface area contributed by atoms with Gasteiger partial charge in [0.25, 0.3) is 0 Å². The van der Waals surface area contributed by atoms with Crippen LogP contribution in [0, 0.1) is 0 Å². The van der Waals surface area contributed by atoms with E-state index in [4.69, 9.17) is 4.74 Å². The lowest BCUT2D eigenvalue weighted by Crippen LogP contribution is -2.38. The molecule has 3 nitrogen and oxygen atoms in total. The van der Waals surface area contributed by atoms with Gasteiger partial charge >= 0.3 is 0 Å². The minimum atomic E-state index is 0.476. The quantitative estimate of drug-likeness (QED) is 0.817. The van der Waals surface area contributed by atoms with E-state index < -0.39 is 0 Å². The predicted molar refractivity (Wildman–Crippen MR) is 79.4 cm³/mol. The van der Waals surface area contributed by atoms with Crippen LogP contribution in [0.3, 0.4) is 0 Å². The number of nitrogens with one attached hydrogen (secondary N) is 1. The van der Waals surface area contributed by atoms with Crippen LogP contribution in [0.2, 0.25) is 0 Å². The summed E-state index contributed by atoms with van der Waals surface area (Å²) in [7, 11) is 0. The Balaban J connectivity index is 1.86. The molecule has 1 unspecified atom stereocenters. The number of hydrogen-bond acceptors (Lipinski definition) is 3. The van der Waals surface area contributed by atoms with Gasteiger partial charge in [0.05, 0.1) is 13.2 Å². The molecule has 1 aromatic rings. The Kier molecular flexibility index (Phi) is 6.34. The molecule has 3 heteroatoms. The number of benzene rings is 1. The molecule has 1 saturated heterocycles. The van der Waals surface area contributed by atoms with Gasteiger partial charge < -0.3 is 10.1 Å². The van der Waals surface area contributed by atoms with Crippen LogP contribution in [0.25, 0.3) is 0 Å². The summed E-state index contributed by atoms with van der Waals surface area (Å²) in [5.41, 5.74) is 1.41. The topological polar surface area (TPSA) is 24.5 Å². The molecule has 19 heavy (non-hydrogen) atoms. The van der Waals surface area contributed by atoms with E-state index in [0.717, 1.165) is 39.4 Å². The molecule has 0 aliphatic carbocycles. The Morgan fingerprint density at radius 2 is 1.95 bits per heavy atom. The van der Waals surface area contributed by atoms with Gasteiger partial charge in [0.2, 0.25) is 0 Å². The van der Waals surface area contributed by atoms with E-state index in [9.17, 15) is 0 Å². The highest BCUT2D eigenvalue weighted by Gasteiger charge is 2.14. The van der Waals surface area contributed by atoms with Crippen molar-refractivity contribution in [3.05, 3.63) is 35.9 Å². The van der Waals surface area contributed by atoms with Crippen molar-refractivity contribution >= 4 is 0 Å². The van der Waals surface area contributed by atoms with Crippen molar-refractivity contribution in [3.8, 4) is 0 Å². The maximum Gasteiger partial charge on any atom is 0.0594 e. The van der Waals surface area contributed by atoms with E-state index in [2.05, 4.69) is 47.5 Å². The fourth-order valence-corrected chi connectivity index (χ4v) is 2.53. The smallest absolute Gasteiger partial charge is 0.0594 e. The van der Waals surface area contributed by atoms with Crippen LogP contribution in [0.4, 0.5) is 0 Å². The van der Waals surface area contributed by atoms with E-state index in [1.807, 2.05) is 0 Å². The van der Waals surface area contributed by atoms with Crippen LogP contribution in [-0.4, -0.2) is 44.3 Å². The van der Waals surface area contributed by atoms with Crippen LogP contribution in [0.5, 0.6) is 0 Å². The summed E-state index contributed by atoms with van der Waals surface area (Å²) in [6.07, 6.45) is 2.35. The minimum Gasteiger partial charge on any atom is -0.379 e. The lowest BCUT2D eigenvalue weighted by molar-refractivity contribution is 0.0361. The van der Waals surface area contributed by atoms with Gasteiger partial charge in [-0.05, 0) is 24.9 Å². The van der Waals surface area contributed by atoms with Crippen LogP contribution < -0.4 is 5.32 Å². The summed E-state index contributed by atoms with van der Waals surface area (Å²) in [6, 6.07) is 11.3. The highest BCUT2D eigenvalue weighted by Crippen LogP contribution is 2.17. The summed E-state index contributed by atoms with van der Waals surface area (Å²) in [5, 5.41) is 3.67. The van der Waals surface area contributed by atoms with Gasteiger partial charge in [-0.3, -0.25) is 4.90 Å². The first-order valence-corrected chi connectivity index (χ1v) is 7.48. The number of hydrogen-bond donors (Lipinski definition) is 1. The average Bonchev–Trinajstić information content (AvgIpc) is 2.49. The van der Waals surface area contributed by atoms with E-state index in [1.54, 1.807) is 0 Å². The number of rotatable bonds is 7. The van der Waals surface area contributed by atoms with Crippen molar-refractivity contribution in [1.82, 2.24) is 10.2 Å². The maximum absolute atomic E-state index is 5.40. The van der Waals surface area contributed by atoms with E-state index >= 15 is 0 Å². The molecule has 0 saturated carbocycles. The Morgan fingerprint density at radius 1 is 1.21 bits per heavy atom. The van der Waals surface area contributed by atoms with Crippen molar-refractivity contribution in [2.24, 2.45) is 0 Å². The highest BCUT2D eigenvalue weighted by molar-refractivity contribution is 5.18. The molecule has 0 spiro atoms. The standard InChI is InChI=1S/C16H26N2O/c1-2-9-17-16(15-6-4-3-5-7-15)8-10-18-11-13-19-14-12-18/h3-7,16-17H,2,8-14H2,1H3. The first kappa shape index (κ1) is 14.5. The zero-order valence-electron chi connectivity index (χ0n) is 12.0. The van der Waals surface area contributed by atoms with Gasteiger partial charge in [-0.1, -0.05) is 37.3 Å². The molecule has 106 valence electrons. The molecule has 1 atom stereocenters. The largest absolute Gasteiger partial charge is 0.379 e. The van der Waals surface area contributed by atoms with Gasteiger partial charge in [0, 0.05) is 25.7 Å². The van der Waals surface area contributed by atoms with E-state index in [0.29, 0.717) is 6.04 Å². The number of nitrogens with zero attached hydrogens (tertiary/aromatic N) is 1. The normalized spacial score (nSPS) is 18.4. The molecule has 0 aromatic heterocycles. The van der Waals surface area contributed by atoms with Gasteiger partial charge in [0.1, 0.15) is 0 Å². The van der Waals surface area contributed by atoms with Crippen molar-refractivity contribution < 1.29 is 4.74 Å². The molecule has 2 rings (SSSR count). The molecule has 1 aromatic carbocycles. The fraction of sp³-hybridized carbons (Fsp3) is 0.625. The second-order valence-corrected chi connectivity index (χ2v) is 5.16. The molecular weight excluding hydrogens is 236 g/mol. The summed E-state index contributed by atoms with van der Waals surface area (Å²) < 4.78 is 5.40. The Labute approximate surface area is 116 Å². The third kappa shape index (κ3) is 4.94. The Bertz CT molecular complexity index is 336. The van der Waals surface area contributed by atoms with Gasteiger partial charge in [-0.25, -0.2) is 0 Å². The molecule has 1 heterocycles. The molecule has 0 bridgehead atoms. The molecule has 0 radical (unpaired) electrons. The van der Waals surface area contributed by atoms with Crippen LogP contribution in [-0.2, 0) is 4.74 Å². The minimum absolute atomic E-state index is 0.476. The van der Waals surface area contributed by atoms with Crippen LogP contribution in [0.1, 0.15) is 31.4 Å². The zero-order chi connectivity index (χ0) is 13.3. The lowest BCUT2D eigenvalue weighted by Gasteiger charge is -2.28. The van der Waals surface area contributed by atoms with Crippen molar-refractivity contribution in [2.45, 2.75) is 25.8 Å².